The van der Waals surface area contributed by atoms with E-state index in [-0.39, 0.29) is 23.9 Å². The van der Waals surface area contributed by atoms with Crippen LogP contribution in [0, 0.1) is 46.3 Å². The van der Waals surface area contributed by atoms with Gasteiger partial charge < -0.3 is 69.3 Å². The Morgan fingerprint density at radius 1 is 0.755 bits per heavy atom. The summed E-state index contributed by atoms with van der Waals surface area (Å²) in [4.78, 5) is 0. The van der Waals surface area contributed by atoms with Gasteiger partial charge in [0, 0.05) is 24.2 Å². The van der Waals surface area contributed by atoms with Crippen molar-refractivity contribution in [2.45, 2.75) is 184 Å². The highest BCUT2D eigenvalue weighted by atomic mass is 16.7. The van der Waals surface area contributed by atoms with Crippen molar-refractivity contribution in [1.82, 2.24) is 0 Å². The lowest BCUT2D eigenvalue weighted by Crippen LogP contribution is -2.67. The van der Waals surface area contributed by atoms with E-state index in [0.29, 0.717) is 42.4 Å². The molecule has 0 radical (unpaired) electrons. The molecule has 304 valence electrons. The third kappa shape index (κ3) is 5.94. The molecule has 4 saturated heterocycles. The third-order valence-electron chi connectivity index (χ3n) is 16.3. The van der Waals surface area contributed by atoms with E-state index in [4.69, 9.17) is 28.4 Å². The van der Waals surface area contributed by atoms with E-state index in [9.17, 15) is 40.9 Å². The van der Waals surface area contributed by atoms with Crippen LogP contribution in [0.3, 0.4) is 0 Å². The minimum absolute atomic E-state index is 0.117. The average molecular weight is 757 g/mol. The summed E-state index contributed by atoms with van der Waals surface area (Å²) in [5.41, 5.74) is -1.59. The van der Waals surface area contributed by atoms with Gasteiger partial charge in [0.1, 0.15) is 42.7 Å². The largest absolute Gasteiger partial charge is 0.394 e. The van der Waals surface area contributed by atoms with Crippen LogP contribution in [-0.2, 0) is 28.4 Å². The van der Waals surface area contributed by atoms with E-state index in [1.165, 1.54) is 6.92 Å². The normalized spacial score (nSPS) is 61.0. The maximum Gasteiger partial charge on any atom is 0.187 e. The molecule has 4 saturated carbocycles. The Morgan fingerprint density at radius 2 is 1.47 bits per heavy atom. The van der Waals surface area contributed by atoms with Crippen molar-refractivity contribution in [1.29, 1.82) is 0 Å². The molecular weight excluding hydrogens is 692 g/mol. The van der Waals surface area contributed by atoms with Crippen molar-refractivity contribution in [2.75, 3.05) is 13.2 Å². The summed E-state index contributed by atoms with van der Waals surface area (Å²) in [6.07, 6.45) is -9.32. The predicted octanol–water partition coefficient (Wildman–Crippen LogP) is 0.556. The van der Waals surface area contributed by atoms with Crippen molar-refractivity contribution >= 4 is 0 Å². The molecule has 8 N–H and O–H groups in total. The van der Waals surface area contributed by atoms with Crippen molar-refractivity contribution < 1.29 is 69.3 Å². The van der Waals surface area contributed by atoms with Crippen molar-refractivity contribution in [2.24, 2.45) is 46.3 Å². The van der Waals surface area contributed by atoms with Crippen molar-refractivity contribution in [3.05, 3.63) is 0 Å². The van der Waals surface area contributed by atoms with Gasteiger partial charge in [0.2, 0.25) is 0 Å². The average Bonchev–Trinajstić information content (AvgIpc) is 3.57. The molecule has 8 fully saturated rings. The van der Waals surface area contributed by atoms with E-state index in [2.05, 4.69) is 27.7 Å². The lowest BCUT2D eigenvalue weighted by molar-refractivity contribution is -0.367. The van der Waals surface area contributed by atoms with E-state index in [1.807, 2.05) is 0 Å². The molecular formula is C39H64O14. The van der Waals surface area contributed by atoms with Crippen LogP contribution >= 0.6 is 0 Å². The molecule has 0 aromatic carbocycles. The molecule has 0 bridgehead atoms. The molecule has 4 heterocycles. The second-order valence-corrected chi connectivity index (χ2v) is 19.0. The molecule has 4 aliphatic carbocycles. The van der Waals surface area contributed by atoms with Crippen LogP contribution in [0.4, 0.5) is 0 Å². The summed E-state index contributed by atoms with van der Waals surface area (Å²) in [7, 11) is 0. The topological polar surface area (TPSA) is 217 Å². The fourth-order valence-electron chi connectivity index (χ4n) is 13.2. The number of rotatable bonds is 5. The highest BCUT2D eigenvalue weighted by Crippen LogP contribution is 2.72. The molecule has 14 heteroatoms. The first-order valence-corrected chi connectivity index (χ1v) is 20.3. The molecule has 0 amide bonds. The van der Waals surface area contributed by atoms with Crippen molar-refractivity contribution in [3.63, 3.8) is 0 Å². The smallest absolute Gasteiger partial charge is 0.187 e. The van der Waals surface area contributed by atoms with Crippen LogP contribution in [0.5, 0.6) is 0 Å². The fourth-order valence-corrected chi connectivity index (χ4v) is 13.2. The maximum atomic E-state index is 12.5. The van der Waals surface area contributed by atoms with E-state index in [0.717, 1.165) is 45.1 Å². The van der Waals surface area contributed by atoms with Gasteiger partial charge in [-0.25, -0.2) is 0 Å². The fraction of sp³-hybridized carbons (Fsp3) is 1.00. The summed E-state index contributed by atoms with van der Waals surface area (Å²) < 4.78 is 36.7. The highest BCUT2D eigenvalue weighted by molar-refractivity contribution is 5.19. The third-order valence-corrected chi connectivity index (χ3v) is 16.3. The van der Waals surface area contributed by atoms with E-state index in [1.54, 1.807) is 0 Å². The van der Waals surface area contributed by atoms with Gasteiger partial charge in [0.05, 0.1) is 43.2 Å². The Balaban J connectivity index is 0.935. The summed E-state index contributed by atoms with van der Waals surface area (Å²) in [6, 6.07) is 0. The van der Waals surface area contributed by atoms with Crippen LogP contribution in [-0.4, -0.2) is 145 Å². The first-order chi connectivity index (χ1) is 25.0. The molecule has 53 heavy (non-hydrogen) atoms. The lowest BCUT2D eigenvalue weighted by Gasteiger charge is -2.65. The molecule has 0 aromatic rings. The van der Waals surface area contributed by atoms with Gasteiger partial charge in [-0.1, -0.05) is 27.7 Å². The molecule has 8 aliphatic rings. The van der Waals surface area contributed by atoms with Gasteiger partial charge in [0.25, 0.3) is 0 Å². The number of hydrogen-bond donors (Lipinski definition) is 8. The Labute approximate surface area is 312 Å². The molecule has 4 aliphatic heterocycles. The molecule has 0 aromatic heterocycles. The minimum Gasteiger partial charge on any atom is -0.394 e. The molecule has 14 nitrogen and oxygen atoms in total. The van der Waals surface area contributed by atoms with Gasteiger partial charge in [0.15, 0.2) is 18.4 Å². The predicted molar refractivity (Wildman–Crippen MR) is 184 cm³/mol. The van der Waals surface area contributed by atoms with Gasteiger partial charge in [-0.15, -0.1) is 0 Å². The second kappa shape index (κ2) is 13.8. The molecule has 1 spiro atoms. The number of fused-ring (bicyclic) bond motifs is 7. The zero-order chi connectivity index (χ0) is 38.0. The zero-order valence-corrected chi connectivity index (χ0v) is 31.8. The number of ether oxygens (including phenoxy) is 6. The summed E-state index contributed by atoms with van der Waals surface area (Å²) in [5, 5.41) is 87.4. The van der Waals surface area contributed by atoms with Gasteiger partial charge >= 0.3 is 0 Å². The summed E-state index contributed by atoms with van der Waals surface area (Å²) >= 11 is 0. The molecule has 23 atom stereocenters. The second-order valence-electron chi connectivity index (χ2n) is 19.0. The van der Waals surface area contributed by atoms with Crippen LogP contribution in [0.15, 0.2) is 0 Å². The van der Waals surface area contributed by atoms with Gasteiger partial charge in [-0.2, -0.15) is 0 Å². The Morgan fingerprint density at radius 3 is 2.17 bits per heavy atom. The summed E-state index contributed by atoms with van der Waals surface area (Å²) in [5.74, 6) is 1.90. The van der Waals surface area contributed by atoms with E-state index >= 15 is 0 Å². The maximum absolute atomic E-state index is 12.5. The highest BCUT2D eigenvalue weighted by Gasteiger charge is 2.71. The van der Waals surface area contributed by atoms with Crippen LogP contribution in [0.2, 0.25) is 0 Å². The standard InChI is InChI=1S/C39H64O14/c1-17-6-11-39(48-16-17)18(2)27-24(53-39)12-22-20-7-10-38(47)14-25(23(41)13-37(38,5)21(20)8-9-36(22,27)4)50-35-32(46)30(44)33(26(15-40)51-35)52-34-31(45)29(43)28(42)19(3)49-34/h17-35,40-47H,6-16H2,1-5H3/t17-,18-,19-,20+,21-,22-,23-,24-,25+,26+,27-,28-,29+,30+,31+,32+,33+,34-,35+,36-,37+,38-,39+/m0/s1. The Bertz CT molecular complexity index is 1330. The van der Waals surface area contributed by atoms with Gasteiger partial charge in [-0.05, 0) is 86.9 Å². The van der Waals surface area contributed by atoms with E-state index < -0.39 is 97.0 Å². The number of hydrogen-bond acceptors (Lipinski definition) is 14. The lowest BCUT2D eigenvalue weighted by atomic mass is 9.42. The van der Waals surface area contributed by atoms with Crippen LogP contribution < -0.4 is 0 Å². The monoisotopic (exact) mass is 756 g/mol. The zero-order valence-electron chi connectivity index (χ0n) is 31.8. The van der Waals surface area contributed by atoms with Gasteiger partial charge in [-0.3, -0.25) is 0 Å². The first kappa shape index (κ1) is 39.3. The quantitative estimate of drug-likeness (QED) is 0.180. The Hall–Kier alpha value is -0.560. The van der Waals surface area contributed by atoms with Crippen molar-refractivity contribution in [3.8, 4) is 0 Å². The number of aliphatic hydroxyl groups is 8. The summed E-state index contributed by atoms with van der Waals surface area (Å²) in [6.45, 7) is 10.8. The molecule has 8 rings (SSSR count). The SMILES string of the molecule is C[C@H]1CC[C@@]2(OC1)O[C@H]1C[C@H]3[C@@H]4CC[C@]5(O)C[C@@H](O[C@@H]6O[C@H](CO)[C@@H](O[C@@H]7O[C@@H](C)[C@H](O)[C@@H](O)[C@H]7O)[C@H](O)[C@H]6O)[C@@H](O)C[C@]5(C)[C@H]4CC[C@]3(C)[C@H]1[C@@H]2C. The van der Waals surface area contributed by atoms with Crippen LogP contribution in [0.25, 0.3) is 0 Å². The number of aliphatic hydroxyl groups excluding tert-OH is 7. The minimum atomic E-state index is -1.69. The van der Waals surface area contributed by atoms with Crippen LogP contribution in [0.1, 0.15) is 92.4 Å². The first-order valence-electron chi connectivity index (χ1n) is 20.3. The molecule has 0 unspecified atom stereocenters. The Kier molecular flexibility index (Phi) is 10.2.